The van der Waals surface area contributed by atoms with Crippen molar-refractivity contribution < 1.29 is 19.1 Å². The zero-order chi connectivity index (χ0) is 26.3. The predicted molar refractivity (Wildman–Crippen MR) is 142 cm³/mol. The molecule has 37 heavy (non-hydrogen) atoms. The maximum atomic E-state index is 13.5. The van der Waals surface area contributed by atoms with Gasteiger partial charge in [-0.15, -0.1) is 0 Å². The van der Waals surface area contributed by atoms with Crippen molar-refractivity contribution in [2.24, 2.45) is 5.92 Å². The third-order valence-electron chi connectivity index (χ3n) is 7.95. The van der Waals surface area contributed by atoms with Crippen LogP contribution in [0.1, 0.15) is 54.5 Å². The number of nitrogens with zero attached hydrogens (tertiary/aromatic N) is 3. The molecule has 0 bridgehead atoms. The molecule has 2 aliphatic heterocycles. The summed E-state index contributed by atoms with van der Waals surface area (Å²) in [6.45, 7) is 4.99. The summed E-state index contributed by atoms with van der Waals surface area (Å²) >= 11 is 0. The van der Waals surface area contributed by atoms with Gasteiger partial charge in [-0.25, -0.2) is 4.79 Å². The number of fused-ring (bicyclic) bond motifs is 6. The van der Waals surface area contributed by atoms with Gasteiger partial charge in [0.15, 0.2) is 0 Å². The molecular formula is C29H34N4O4. The van der Waals surface area contributed by atoms with Gasteiger partial charge in [-0.05, 0) is 36.1 Å². The van der Waals surface area contributed by atoms with Crippen molar-refractivity contribution in [2.75, 3.05) is 25.6 Å². The van der Waals surface area contributed by atoms with Gasteiger partial charge in [0.1, 0.15) is 12.2 Å². The summed E-state index contributed by atoms with van der Waals surface area (Å²) in [5.74, 6) is -0.628. The highest BCUT2D eigenvalue weighted by Crippen LogP contribution is 2.44. The Hall–Kier alpha value is -3.81. The minimum Gasteiger partial charge on any atom is -0.467 e. The van der Waals surface area contributed by atoms with Crippen molar-refractivity contribution in [3.63, 3.8) is 0 Å². The van der Waals surface area contributed by atoms with Crippen LogP contribution in [-0.2, 0) is 27.3 Å². The standard InChI is InChI=1S/C29H34N4O4/c1-5-18(2)25(29(36)37-4)30-24(34)15-17-32-23-13-9-6-10-19(23)20-14-16-33-27(26(20)32)31(3)22-12-8-7-11-21(22)28(33)35/h6-13,18,25,27H,5,14-17H2,1-4H3,(H,30,34)/t18-,25+,27?/m1/s1. The number of rotatable bonds is 7. The molecule has 1 N–H and O–H groups in total. The monoisotopic (exact) mass is 502 g/mol. The predicted octanol–water partition coefficient (Wildman–Crippen LogP) is 3.88. The Morgan fingerprint density at radius 2 is 1.86 bits per heavy atom. The first kappa shape index (κ1) is 24.9. The maximum Gasteiger partial charge on any atom is 0.328 e. The molecule has 194 valence electrons. The number of benzene rings is 2. The fraction of sp³-hybridized carbons (Fsp3) is 0.414. The lowest BCUT2D eigenvalue weighted by atomic mass is 9.96. The van der Waals surface area contributed by atoms with Crippen LogP contribution in [0.3, 0.4) is 0 Å². The molecule has 0 saturated carbocycles. The number of nitrogens with one attached hydrogen (secondary N) is 1. The van der Waals surface area contributed by atoms with E-state index in [9.17, 15) is 14.4 Å². The minimum absolute atomic E-state index is 0.0351. The van der Waals surface area contributed by atoms with E-state index < -0.39 is 12.0 Å². The molecule has 0 fully saturated rings. The Labute approximate surface area is 217 Å². The lowest BCUT2D eigenvalue weighted by Crippen LogP contribution is -2.51. The van der Waals surface area contributed by atoms with Crippen LogP contribution in [0.4, 0.5) is 5.69 Å². The molecule has 2 amide bonds. The van der Waals surface area contributed by atoms with Gasteiger partial charge in [0.05, 0.1) is 24.1 Å². The SMILES string of the molecule is CC[C@@H](C)[C@H](NC(=O)CCn1c2c(c3ccccc31)CCN1C(=O)c3ccccc3N(C)C21)C(=O)OC. The number of amides is 2. The van der Waals surface area contributed by atoms with Crippen molar-refractivity contribution in [2.45, 2.75) is 51.9 Å². The molecule has 5 rings (SSSR count). The molecule has 2 aliphatic rings. The first-order chi connectivity index (χ1) is 17.9. The van der Waals surface area contributed by atoms with Crippen LogP contribution in [0, 0.1) is 5.92 Å². The van der Waals surface area contributed by atoms with Crippen molar-refractivity contribution in [1.29, 1.82) is 0 Å². The van der Waals surface area contributed by atoms with Gasteiger partial charge < -0.3 is 24.4 Å². The van der Waals surface area contributed by atoms with E-state index in [4.69, 9.17) is 4.74 Å². The number of aryl methyl sites for hydroxylation is 1. The van der Waals surface area contributed by atoms with Gasteiger partial charge in [0.25, 0.3) is 5.91 Å². The molecule has 1 aromatic heterocycles. The third kappa shape index (κ3) is 4.14. The van der Waals surface area contributed by atoms with E-state index in [-0.39, 0.29) is 30.3 Å². The number of carbonyl (C=O) groups is 3. The van der Waals surface area contributed by atoms with E-state index in [1.165, 1.54) is 12.7 Å². The molecule has 0 spiro atoms. The third-order valence-corrected chi connectivity index (χ3v) is 7.95. The quantitative estimate of drug-likeness (QED) is 0.496. The summed E-state index contributed by atoms with van der Waals surface area (Å²) in [7, 11) is 3.37. The zero-order valence-electron chi connectivity index (χ0n) is 21.9. The molecule has 8 heteroatoms. The smallest absolute Gasteiger partial charge is 0.328 e. The van der Waals surface area contributed by atoms with Gasteiger partial charge in [-0.1, -0.05) is 50.6 Å². The minimum atomic E-state index is -0.674. The topological polar surface area (TPSA) is 83.9 Å². The zero-order valence-corrected chi connectivity index (χ0v) is 21.9. The number of ether oxygens (including phenoxy) is 1. The van der Waals surface area contributed by atoms with E-state index in [1.807, 2.05) is 62.2 Å². The molecule has 0 saturated heterocycles. The molecule has 3 heterocycles. The van der Waals surface area contributed by atoms with Crippen molar-refractivity contribution in [3.05, 3.63) is 65.4 Å². The van der Waals surface area contributed by atoms with Crippen LogP contribution in [0.5, 0.6) is 0 Å². The molecule has 1 unspecified atom stereocenters. The Morgan fingerprint density at radius 3 is 2.62 bits per heavy atom. The summed E-state index contributed by atoms with van der Waals surface area (Å²) in [6.07, 6.45) is 1.45. The number of methoxy groups -OCH3 is 1. The van der Waals surface area contributed by atoms with Gasteiger partial charge in [-0.3, -0.25) is 9.59 Å². The Kier molecular flexibility index (Phi) is 6.67. The number of carbonyl (C=O) groups excluding carboxylic acids is 3. The normalized spacial score (nSPS) is 18.1. The summed E-state index contributed by atoms with van der Waals surface area (Å²) in [4.78, 5) is 42.9. The van der Waals surface area contributed by atoms with Crippen LogP contribution in [0.25, 0.3) is 10.9 Å². The lowest BCUT2D eigenvalue weighted by Gasteiger charge is -2.46. The molecular weight excluding hydrogens is 468 g/mol. The van der Waals surface area contributed by atoms with E-state index in [0.717, 1.165) is 35.1 Å². The summed E-state index contributed by atoms with van der Waals surface area (Å²) in [5, 5.41) is 4.05. The first-order valence-corrected chi connectivity index (χ1v) is 13.0. The van der Waals surface area contributed by atoms with Crippen LogP contribution in [0.2, 0.25) is 0 Å². The van der Waals surface area contributed by atoms with Crippen LogP contribution in [0.15, 0.2) is 48.5 Å². The first-order valence-electron chi connectivity index (χ1n) is 13.0. The van der Waals surface area contributed by atoms with E-state index >= 15 is 0 Å². The molecule has 0 radical (unpaired) electrons. The summed E-state index contributed by atoms with van der Waals surface area (Å²) < 4.78 is 7.12. The second-order valence-electron chi connectivity index (χ2n) is 9.99. The number of para-hydroxylation sites is 2. The Balaban J connectivity index is 1.50. The number of aromatic nitrogens is 1. The second-order valence-corrected chi connectivity index (χ2v) is 9.99. The molecule has 3 aromatic rings. The van der Waals surface area contributed by atoms with E-state index in [1.54, 1.807) is 0 Å². The van der Waals surface area contributed by atoms with E-state index in [2.05, 4.69) is 26.9 Å². The fourth-order valence-corrected chi connectivity index (χ4v) is 5.80. The highest BCUT2D eigenvalue weighted by atomic mass is 16.5. The maximum absolute atomic E-state index is 13.5. The van der Waals surface area contributed by atoms with Crippen molar-refractivity contribution >= 4 is 34.4 Å². The van der Waals surface area contributed by atoms with Gasteiger partial charge in [-0.2, -0.15) is 0 Å². The highest BCUT2D eigenvalue weighted by Gasteiger charge is 2.42. The molecule has 8 nitrogen and oxygen atoms in total. The molecule has 0 aliphatic carbocycles. The van der Waals surface area contributed by atoms with Gasteiger partial charge in [0, 0.05) is 37.5 Å². The summed E-state index contributed by atoms with van der Waals surface area (Å²) in [5.41, 5.74) is 4.95. The number of hydrogen-bond acceptors (Lipinski definition) is 5. The van der Waals surface area contributed by atoms with Crippen LogP contribution >= 0.6 is 0 Å². The Morgan fingerprint density at radius 1 is 1.14 bits per heavy atom. The second kappa shape index (κ2) is 9.92. The number of anilines is 1. The lowest BCUT2D eigenvalue weighted by molar-refractivity contribution is -0.146. The van der Waals surface area contributed by atoms with Gasteiger partial charge in [0.2, 0.25) is 5.91 Å². The fourth-order valence-electron chi connectivity index (χ4n) is 5.80. The summed E-state index contributed by atoms with van der Waals surface area (Å²) in [6, 6.07) is 15.3. The average molecular weight is 503 g/mol. The highest BCUT2D eigenvalue weighted by molar-refractivity contribution is 6.02. The van der Waals surface area contributed by atoms with E-state index in [0.29, 0.717) is 18.7 Å². The Bertz CT molecular complexity index is 1360. The number of esters is 1. The van der Waals surface area contributed by atoms with Crippen molar-refractivity contribution in [3.8, 4) is 0 Å². The van der Waals surface area contributed by atoms with Crippen molar-refractivity contribution in [1.82, 2.24) is 14.8 Å². The van der Waals surface area contributed by atoms with Crippen LogP contribution < -0.4 is 10.2 Å². The average Bonchev–Trinajstić information content (AvgIpc) is 3.25. The molecule has 3 atom stereocenters. The van der Waals surface area contributed by atoms with Gasteiger partial charge >= 0.3 is 5.97 Å². The molecule has 2 aromatic carbocycles. The number of hydrogen-bond donors (Lipinski definition) is 1. The largest absolute Gasteiger partial charge is 0.467 e. The van der Waals surface area contributed by atoms with Crippen LogP contribution in [-0.4, -0.2) is 54.0 Å².